The Morgan fingerprint density at radius 1 is 1.00 bits per heavy atom. The fraction of sp³-hybridized carbons (Fsp3) is 0.300. The van der Waals surface area contributed by atoms with Crippen LogP contribution in [0.5, 0.6) is 0 Å². The minimum absolute atomic E-state index is 0.256. The van der Waals surface area contributed by atoms with E-state index in [2.05, 4.69) is 15.5 Å². The molecule has 0 aliphatic heterocycles. The van der Waals surface area contributed by atoms with Crippen LogP contribution in [0.25, 0.3) is 10.8 Å². The second kappa shape index (κ2) is 6.97. The van der Waals surface area contributed by atoms with Crippen LogP contribution in [0.15, 0.2) is 60.8 Å². The Bertz CT molecular complexity index is 795. The molecule has 2 aromatic carbocycles. The number of nitrogens with zero attached hydrogens (tertiary/aromatic N) is 2. The van der Waals surface area contributed by atoms with Gasteiger partial charge in [0.2, 0.25) is 0 Å². The van der Waals surface area contributed by atoms with Gasteiger partial charge in [-0.2, -0.15) is 5.10 Å². The van der Waals surface area contributed by atoms with E-state index in [1.54, 1.807) is 6.20 Å². The Balaban J connectivity index is 2.06. The number of nitrogens with one attached hydrogen (secondary N) is 1. The van der Waals surface area contributed by atoms with Gasteiger partial charge in [0.15, 0.2) is 5.82 Å². The van der Waals surface area contributed by atoms with Gasteiger partial charge in [-0.25, -0.2) is 0 Å². The van der Waals surface area contributed by atoms with Crippen LogP contribution in [-0.4, -0.2) is 20.9 Å². The summed E-state index contributed by atoms with van der Waals surface area (Å²) in [7, 11) is 0. The first-order valence-corrected chi connectivity index (χ1v) is 8.42. The predicted molar refractivity (Wildman–Crippen MR) is 97.9 cm³/mol. The molecule has 2 N–H and O–H groups in total. The number of hydrogen-bond acceptors (Lipinski definition) is 4. The summed E-state index contributed by atoms with van der Waals surface area (Å²) in [5.74, 6) is 0.697. The van der Waals surface area contributed by atoms with Crippen LogP contribution in [0.2, 0.25) is 0 Å². The third-order valence-corrected chi connectivity index (χ3v) is 4.75. The summed E-state index contributed by atoms with van der Waals surface area (Å²) in [5, 5.41) is 25.0. The summed E-state index contributed by atoms with van der Waals surface area (Å²) in [6, 6.07) is 17.8. The molecule has 0 radical (unpaired) electrons. The maximum absolute atomic E-state index is 11.2. The fourth-order valence-corrected chi connectivity index (χ4v) is 3.10. The molecule has 0 aliphatic rings. The number of benzene rings is 2. The van der Waals surface area contributed by atoms with Gasteiger partial charge in [0, 0.05) is 10.8 Å². The molecule has 3 aromatic rings. The van der Waals surface area contributed by atoms with Gasteiger partial charge < -0.3 is 10.4 Å². The van der Waals surface area contributed by atoms with Gasteiger partial charge in [0.05, 0.1) is 17.8 Å². The molecule has 1 heterocycles. The van der Waals surface area contributed by atoms with E-state index in [0.717, 1.165) is 16.3 Å². The van der Waals surface area contributed by atoms with Gasteiger partial charge in [-0.1, -0.05) is 68.4 Å². The molecule has 124 valence electrons. The minimum Gasteiger partial charge on any atom is -0.387 e. The first-order chi connectivity index (χ1) is 11.7. The lowest BCUT2D eigenvalue weighted by Gasteiger charge is -2.36. The molecule has 3 rings (SSSR count). The molecule has 4 heteroatoms. The zero-order valence-electron chi connectivity index (χ0n) is 14.1. The lowest BCUT2D eigenvalue weighted by atomic mass is 9.84. The van der Waals surface area contributed by atoms with Crippen LogP contribution < -0.4 is 5.32 Å². The van der Waals surface area contributed by atoms with E-state index >= 15 is 0 Å². The van der Waals surface area contributed by atoms with Gasteiger partial charge in [-0.05, 0) is 18.4 Å². The van der Waals surface area contributed by atoms with E-state index < -0.39 is 5.60 Å². The Labute approximate surface area is 142 Å². The molecular weight excluding hydrogens is 298 g/mol. The Morgan fingerprint density at radius 2 is 1.67 bits per heavy atom. The summed E-state index contributed by atoms with van der Waals surface area (Å²) in [6.45, 7) is 4.02. The van der Waals surface area contributed by atoms with Gasteiger partial charge in [-0.15, -0.1) is 5.10 Å². The number of hydrogen-bond donors (Lipinski definition) is 2. The predicted octanol–water partition coefficient (Wildman–Crippen LogP) is 4.33. The average Bonchev–Trinajstić information content (AvgIpc) is 2.66. The lowest BCUT2D eigenvalue weighted by molar-refractivity contribution is 0.0121. The summed E-state index contributed by atoms with van der Waals surface area (Å²) < 4.78 is 0. The van der Waals surface area contributed by atoms with Crippen LogP contribution in [-0.2, 0) is 0 Å². The third kappa shape index (κ3) is 3.10. The van der Waals surface area contributed by atoms with Crippen molar-refractivity contribution in [2.75, 3.05) is 5.32 Å². The van der Waals surface area contributed by atoms with Gasteiger partial charge in [0.1, 0.15) is 0 Å². The summed E-state index contributed by atoms with van der Waals surface area (Å²) in [4.78, 5) is 0. The first kappa shape index (κ1) is 16.4. The molecule has 1 aromatic heterocycles. The number of anilines is 1. The lowest BCUT2D eigenvalue weighted by Crippen LogP contribution is -2.39. The number of rotatable bonds is 6. The summed E-state index contributed by atoms with van der Waals surface area (Å²) in [6.07, 6.45) is 3.05. The molecule has 0 spiro atoms. The zero-order chi connectivity index (χ0) is 17.0. The molecule has 24 heavy (non-hydrogen) atoms. The topological polar surface area (TPSA) is 58.0 Å². The van der Waals surface area contributed by atoms with Gasteiger partial charge in [-0.3, -0.25) is 0 Å². The van der Waals surface area contributed by atoms with E-state index in [9.17, 15) is 5.11 Å². The van der Waals surface area contributed by atoms with Crippen LogP contribution in [0.1, 0.15) is 38.3 Å². The highest BCUT2D eigenvalue weighted by Gasteiger charge is 2.35. The number of aromatic nitrogens is 2. The van der Waals surface area contributed by atoms with E-state index in [0.29, 0.717) is 18.7 Å². The summed E-state index contributed by atoms with van der Waals surface area (Å²) >= 11 is 0. The van der Waals surface area contributed by atoms with Crippen molar-refractivity contribution in [3.63, 3.8) is 0 Å². The van der Waals surface area contributed by atoms with Crippen molar-refractivity contribution in [1.82, 2.24) is 10.2 Å². The normalized spacial score (nSPS) is 13.0. The van der Waals surface area contributed by atoms with Crippen molar-refractivity contribution in [1.29, 1.82) is 0 Å². The smallest absolute Gasteiger partial charge is 0.157 e. The first-order valence-electron chi connectivity index (χ1n) is 8.42. The van der Waals surface area contributed by atoms with Crippen LogP contribution in [0.4, 0.5) is 5.82 Å². The quantitative estimate of drug-likeness (QED) is 0.709. The average molecular weight is 321 g/mol. The van der Waals surface area contributed by atoms with E-state index in [1.807, 2.05) is 68.4 Å². The monoisotopic (exact) mass is 321 g/mol. The maximum atomic E-state index is 11.2. The van der Waals surface area contributed by atoms with E-state index in [1.165, 1.54) is 0 Å². The molecule has 0 bridgehead atoms. The Hall–Kier alpha value is -2.46. The molecule has 0 unspecified atom stereocenters. The van der Waals surface area contributed by atoms with Crippen molar-refractivity contribution >= 4 is 16.6 Å². The molecule has 0 saturated heterocycles. The number of fused-ring (bicyclic) bond motifs is 1. The molecule has 1 atom stereocenters. The van der Waals surface area contributed by atoms with Gasteiger partial charge >= 0.3 is 0 Å². The van der Waals surface area contributed by atoms with Crippen molar-refractivity contribution in [2.45, 2.75) is 38.3 Å². The van der Waals surface area contributed by atoms with Crippen LogP contribution >= 0.6 is 0 Å². The van der Waals surface area contributed by atoms with E-state index in [4.69, 9.17) is 0 Å². The Kier molecular flexibility index (Phi) is 4.76. The summed E-state index contributed by atoms with van der Waals surface area (Å²) in [5.41, 5.74) is 0.179. The third-order valence-electron chi connectivity index (χ3n) is 4.75. The highest BCUT2D eigenvalue weighted by molar-refractivity contribution is 5.91. The van der Waals surface area contributed by atoms with Crippen molar-refractivity contribution < 1.29 is 5.11 Å². The van der Waals surface area contributed by atoms with Gasteiger partial charge in [0.25, 0.3) is 0 Å². The molecule has 0 fully saturated rings. The second-order valence-corrected chi connectivity index (χ2v) is 6.08. The largest absolute Gasteiger partial charge is 0.387 e. The fourth-order valence-electron chi connectivity index (χ4n) is 3.10. The standard InChI is InChI=1S/C20H23N3O/c1-3-20(24,4-2)18(15-10-6-5-7-11-15)22-19-17-13-9-8-12-16(17)14-21-23-19/h5-14,18,24H,3-4H2,1-2H3,(H,22,23)/t18-/m1/s1. The van der Waals surface area contributed by atoms with Crippen molar-refractivity contribution in [3.05, 3.63) is 66.4 Å². The van der Waals surface area contributed by atoms with E-state index in [-0.39, 0.29) is 6.04 Å². The minimum atomic E-state index is -0.861. The molecule has 0 amide bonds. The van der Waals surface area contributed by atoms with Crippen molar-refractivity contribution in [3.8, 4) is 0 Å². The molecule has 0 saturated carbocycles. The molecular formula is C20H23N3O. The SMILES string of the molecule is CCC(O)(CC)[C@H](Nc1nncc2ccccc12)c1ccccc1. The zero-order valence-corrected chi connectivity index (χ0v) is 14.1. The highest BCUT2D eigenvalue weighted by atomic mass is 16.3. The Morgan fingerprint density at radius 3 is 2.38 bits per heavy atom. The molecule has 4 nitrogen and oxygen atoms in total. The van der Waals surface area contributed by atoms with Crippen molar-refractivity contribution in [2.24, 2.45) is 0 Å². The maximum Gasteiger partial charge on any atom is 0.157 e. The second-order valence-electron chi connectivity index (χ2n) is 6.08. The van der Waals surface area contributed by atoms with Crippen LogP contribution in [0, 0.1) is 0 Å². The van der Waals surface area contributed by atoms with Crippen LogP contribution in [0.3, 0.4) is 0 Å². The molecule has 0 aliphatic carbocycles. The number of aliphatic hydroxyl groups is 1. The highest BCUT2D eigenvalue weighted by Crippen LogP contribution is 2.35.